The Morgan fingerprint density at radius 2 is 1.90 bits per heavy atom. The number of benzene rings is 1. The standard InChI is InChI=1S/C26H40N2O/c1-4-9-21(27)12-22(5-2)28-23(29)26-15-19-13-24(3,17-26)16-25(14-19,18-26)20-10-7-6-8-11-20/h6-8,10-11,19,21-22H,4-5,9,12-18,27H2,1-3H3,(H,28,29)/t19?,21-,22+,24?,25?,26?/m1/s1. The molecule has 29 heavy (non-hydrogen) atoms. The topological polar surface area (TPSA) is 55.1 Å². The van der Waals surface area contributed by atoms with Gasteiger partial charge in [0, 0.05) is 12.1 Å². The summed E-state index contributed by atoms with van der Waals surface area (Å²) in [5, 5.41) is 3.48. The van der Waals surface area contributed by atoms with Gasteiger partial charge in [-0.05, 0) is 80.1 Å². The molecule has 6 atom stereocenters. The third kappa shape index (κ3) is 3.87. The van der Waals surface area contributed by atoms with Gasteiger partial charge in [-0.1, -0.05) is 57.5 Å². The van der Waals surface area contributed by atoms with Crippen LogP contribution in [0, 0.1) is 16.7 Å². The van der Waals surface area contributed by atoms with Gasteiger partial charge in [-0.2, -0.15) is 0 Å². The van der Waals surface area contributed by atoms with E-state index >= 15 is 0 Å². The fraction of sp³-hybridized carbons (Fsp3) is 0.731. The number of nitrogens with two attached hydrogens (primary N) is 1. The molecule has 0 spiro atoms. The lowest BCUT2D eigenvalue weighted by Gasteiger charge is -2.65. The minimum absolute atomic E-state index is 0.188. The van der Waals surface area contributed by atoms with Crippen molar-refractivity contribution in [3.8, 4) is 0 Å². The molecule has 4 fully saturated rings. The van der Waals surface area contributed by atoms with Crippen molar-refractivity contribution in [2.45, 2.75) is 102 Å². The maximum Gasteiger partial charge on any atom is 0.226 e. The molecule has 1 aromatic carbocycles. The largest absolute Gasteiger partial charge is 0.353 e. The van der Waals surface area contributed by atoms with E-state index in [0.717, 1.165) is 44.9 Å². The number of rotatable bonds is 8. The van der Waals surface area contributed by atoms with E-state index in [2.05, 4.69) is 56.4 Å². The van der Waals surface area contributed by atoms with Crippen LogP contribution in [0.5, 0.6) is 0 Å². The molecule has 0 aromatic heterocycles. The van der Waals surface area contributed by atoms with Crippen molar-refractivity contribution in [1.29, 1.82) is 0 Å². The summed E-state index contributed by atoms with van der Waals surface area (Å²) < 4.78 is 0. The maximum absolute atomic E-state index is 13.8. The summed E-state index contributed by atoms with van der Waals surface area (Å²) in [6, 6.07) is 11.5. The van der Waals surface area contributed by atoms with Crippen molar-refractivity contribution in [1.82, 2.24) is 5.32 Å². The van der Waals surface area contributed by atoms with Crippen molar-refractivity contribution < 1.29 is 4.79 Å². The van der Waals surface area contributed by atoms with Crippen molar-refractivity contribution in [2.24, 2.45) is 22.5 Å². The van der Waals surface area contributed by atoms with Crippen molar-refractivity contribution in [2.75, 3.05) is 0 Å². The highest BCUT2D eigenvalue weighted by atomic mass is 16.2. The Labute approximate surface area is 177 Å². The molecule has 4 unspecified atom stereocenters. The molecule has 3 heteroatoms. The first-order chi connectivity index (χ1) is 13.8. The van der Waals surface area contributed by atoms with Gasteiger partial charge in [-0.15, -0.1) is 0 Å². The first-order valence-corrected chi connectivity index (χ1v) is 11.9. The van der Waals surface area contributed by atoms with Crippen LogP contribution in [0.1, 0.15) is 90.5 Å². The van der Waals surface area contributed by atoms with Crippen LogP contribution in [-0.4, -0.2) is 18.0 Å². The average molecular weight is 397 g/mol. The molecule has 5 rings (SSSR count). The quantitative estimate of drug-likeness (QED) is 0.624. The predicted octanol–water partition coefficient (Wildman–Crippen LogP) is 5.33. The number of hydrogen-bond acceptors (Lipinski definition) is 2. The number of amides is 1. The van der Waals surface area contributed by atoms with Crippen molar-refractivity contribution >= 4 is 5.91 Å². The highest BCUT2D eigenvalue weighted by Crippen LogP contribution is 2.70. The third-order valence-corrected chi connectivity index (χ3v) is 8.29. The van der Waals surface area contributed by atoms with E-state index in [4.69, 9.17) is 5.73 Å². The molecular weight excluding hydrogens is 356 g/mol. The van der Waals surface area contributed by atoms with Crippen LogP contribution >= 0.6 is 0 Å². The Morgan fingerprint density at radius 3 is 2.55 bits per heavy atom. The SMILES string of the molecule is CCC[C@@H](N)C[C@H](CC)NC(=O)C12CC3CC(C)(C1)CC(c1ccccc1)(C3)C2. The summed E-state index contributed by atoms with van der Waals surface area (Å²) in [5.41, 5.74) is 8.07. The van der Waals surface area contributed by atoms with Gasteiger partial charge in [0.1, 0.15) is 0 Å². The van der Waals surface area contributed by atoms with Gasteiger partial charge in [-0.3, -0.25) is 4.79 Å². The van der Waals surface area contributed by atoms with Gasteiger partial charge in [0.05, 0.1) is 5.41 Å². The Morgan fingerprint density at radius 1 is 1.14 bits per heavy atom. The van der Waals surface area contributed by atoms with Gasteiger partial charge < -0.3 is 11.1 Å². The van der Waals surface area contributed by atoms with Crippen LogP contribution in [0.3, 0.4) is 0 Å². The zero-order valence-electron chi connectivity index (χ0n) is 18.7. The number of carbonyl (C=O) groups excluding carboxylic acids is 1. The van der Waals surface area contributed by atoms with Gasteiger partial charge in [0.25, 0.3) is 0 Å². The Hall–Kier alpha value is -1.35. The molecule has 4 aliphatic carbocycles. The average Bonchev–Trinajstić information content (AvgIpc) is 2.66. The molecule has 0 saturated heterocycles. The molecule has 4 bridgehead atoms. The summed E-state index contributed by atoms with van der Waals surface area (Å²) in [6.45, 7) is 6.81. The van der Waals surface area contributed by atoms with Crippen molar-refractivity contribution in [3.05, 3.63) is 35.9 Å². The second kappa shape index (κ2) is 7.72. The molecule has 1 amide bonds. The fourth-order valence-electron chi connectivity index (χ4n) is 7.81. The highest BCUT2D eigenvalue weighted by Gasteiger charge is 2.64. The Bertz CT molecular complexity index is 733. The summed E-state index contributed by atoms with van der Waals surface area (Å²) in [6.07, 6.45) is 11.0. The lowest BCUT2D eigenvalue weighted by molar-refractivity contribution is -0.160. The van der Waals surface area contributed by atoms with E-state index in [0.29, 0.717) is 17.2 Å². The summed E-state index contributed by atoms with van der Waals surface area (Å²) >= 11 is 0. The van der Waals surface area contributed by atoms with E-state index < -0.39 is 0 Å². The van der Waals surface area contributed by atoms with Crippen LogP contribution in [0.4, 0.5) is 0 Å². The van der Waals surface area contributed by atoms with Crippen LogP contribution in [-0.2, 0) is 10.2 Å². The zero-order chi connectivity index (χ0) is 20.7. The van der Waals surface area contributed by atoms with E-state index in [1.54, 1.807) is 0 Å². The Kier molecular flexibility index (Phi) is 5.57. The number of nitrogens with one attached hydrogen (secondary N) is 1. The lowest BCUT2D eigenvalue weighted by atomic mass is 9.38. The third-order valence-electron chi connectivity index (χ3n) is 8.29. The molecule has 0 heterocycles. The molecule has 4 saturated carbocycles. The highest BCUT2D eigenvalue weighted by molar-refractivity contribution is 5.84. The minimum Gasteiger partial charge on any atom is -0.353 e. The smallest absolute Gasteiger partial charge is 0.226 e. The monoisotopic (exact) mass is 396 g/mol. The number of carbonyl (C=O) groups is 1. The van der Waals surface area contributed by atoms with Gasteiger partial charge in [0.2, 0.25) is 5.91 Å². The van der Waals surface area contributed by atoms with E-state index in [1.807, 2.05) is 0 Å². The van der Waals surface area contributed by atoms with Crippen LogP contribution < -0.4 is 11.1 Å². The van der Waals surface area contributed by atoms with Gasteiger partial charge >= 0.3 is 0 Å². The molecule has 3 nitrogen and oxygen atoms in total. The molecule has 0 radical (unpaired) electrons. The van der Waals surface area contributed by atoms with E-state index in [9.17, 15) is 4.79 Å². The second-order valence-corrected chi connectivity index (χ2v) is 11.1. The van der Waals surface area contributed by atoms with Crippen LogP contribution in [0.2, 0.25) is 0 Å². The maximum atomic E-state index is 13.8. The molecule has 3 N–H and O–H groups in total. The first-order valence-electron chi connectivity index (χ1n) is 11.9. The minimum atomic E-state index is -0.188. The van der Waals surface area contributed by atoms with E-state index in [1.165, 1.54) is 24.8 Å². The summed E-state index contributed by atoms with van der Waals surface area (Å²) in [5.74, 6) is 1.01. The normalized spacial score (nSPS) is 37.3. The van der Waals surface area contributed by atoms with Crippen molar-refractivity contribution in [3.63, 3.8) is 0 Å². The Balaban J connectivity index is 1.57. The fourth-order valence-corrected chi connectivity index (χ4v) is 7.81. The van der Waals surface area contributed by atoms with Crippen LogP contribution in [0.15, 0.2) is 30.3 Å². The van der Waals surface area contributed by atoms with Crippen LogP contribution in [0.25, 0.3) is 0 Å². The summed E-state index contributed by atoms with van der Waals surface area (Å²) in [4.78, 5) is 13.8. The number of hydrogen-bond donors (Lipinski definition) is 2. The van der Waals surface area contributed by atoms with Gasteiger partial charge in [-0.25, -0.2) is 0 Å². The molecular formula is C26H40N2O. The molecule has 0 aliphatic heterocycles. The van der Waals surface area contributed by atoms with E-state index in [-0.39, 0.29) is 22.9 Å². The second-order valence-electron chi connectivity index (χ2n) is 11.1. The molecule has 4 aliphatic rings. The summed E-state index contributed by atoms with van der Waals surface area (Å²) in [7, 11) is 0. The molecule has 160 valence electrons. The predicted molar refractivity (Wildman–Crippen MR) is 120 cm³/mol. The molecule has 1 aromatic rings. The lowest BCUT2D eigenvalue weighted by Crippen LogP contribution is -2.62. The zero-order valence-corrected chi connectivity index (χ0v) is 18.7. The first kappa shape index (κ1) is 20.9. The van der Waals surface area contributed by atoms with Gasteiger partial charge in [0.15, 0.2) is 0 Å².